The molecule has 2 unspecified atom stereocenters. The summed E-state index contributed by atoms with van der Waals surface area (Å²) in [5, 5.41) is 30.5. The Balaban J connectivity index is 0.850. The van der Waals surface area contributed by atoms with Crippen LogP contribution in [-0.2, 0) is 17.8 Å². The highest BCUT2D eigenvalue weighted by atomic mass is 16.5. The van der Waals surface area contributed by atoms with Gasteiger partial charge in [-0.2, -0.15) is 9.61 Å². The number of nitrogen functional groups attached to an aromatic ring is 1. The molecule has 0 aliphatic carbocycles. The zero-order valence-electron chi connectivity index (χ0n) is 35.7. The number of amides is 1. The number of carbonyl (C=O) groups excluding carboxylic acids is 1. The largest absolute Gasteiger partial charge is 0.489 e. The van der Waals surface area contributed by atoms with Crippen molar-refractivity contribution in [1.82, 2.24) is 29.5 Å². The standard InChI is InChI=1S/C48H55N11O4/c1-3-34-28-54-59-41(26-42(56-47(34)59)58-24-8-7-11-37(58)22-25-60)51-27-33-14-18-38(19-15-33)62-30-32(2)48(61)57-23-9-10-36(29-57)55-46-43(45(50)52-31-53-46)44(49)35-16-20-40(21-17-35)63-39-12-5-4-6-13-39/h4-6,12-21,26,28,31,36-37,49,51,60H,2-3,7-11,22-25,27,29-30H2,1H3,(H3,50,52,53,55). The van der Waals surface area contributed by atoms with E-state index in [1.54, 1.807) is 4.90 Å². The third-order valence-corrected chi connectivity index (χ3v) is 11.7. The lowest BCUT2D eigenvalue weighted by Crippen LogP contribution is -2.46. The molecular formula is C48H55N11O4. The number of nitrogens with zero attached hydrogens (tertiary/aromatic N) is 7. The number of aliphatic hydroxyl groups excluding tert-OH is 1. The monoisotopic (exact) mass is 849 g/mol. The molecule has 6 N–H and O–H groups in total. The minimum Gasteiger partial charge on any atom is -0.489 e. The van der Waals surface area contributed by atoms with Crippen molar-refractivity contribution in [2.24, 2.45) is 0 Å². The van der Waals surface area contributed by atoms with Gasteiger partial charge in [0.2, 0.25) is 0 Å². The first-order valence-electron chi connectivity index (χ1n) is 21.7. The molecule has 15 nitrogen and oxygen atoms in total. The molecule has 2 atom stereocenters. The van der Waals surface area contributed by atoms with Crippen LogP contribution in [0.2, 0.25) is 0 Å². The molecule has 15 heteroatoms. The van der Waals surface area contributed by atoms with Crippen LogP contribution in [0.15, 0.2) is 110 Å². The van der Waals surface area contributed by atoms with Crippen LogP contribution in [0.4, 0.5) is 23.3 Å². The first-order chi connectivity index (χ1) is 30.8. The van der Waals surface area contributed by atoms with E-state index in [9.17, 15) is 9.90 Å². The Morgan fingerprint density at radius 3 is 2.52 bits per heavy atom. The number of hydrogen-bond donors (Lipinski definition) is 5. The van der Waals surface area contributed by atoms with E-state index in [2.05, 4.69) is 50.2 Å². The lowest BCUT2D eigenvalue weighted by atomic mass is 9.99. The summed E-state index contributed by atoms with van der Waals surface area (Å²) in [5.74, 6) is 4.21. The number of likely N-dealkylation sites (tertiary alicyclic amines) is 1. The summed E-state index contributed by atoms with van der Waals surface area (Å²) in [6.07, 6.45) is 9.69. The second-order valence-corrected chi connectivity index (χ2v) is 16.0. The van der Waals surface area contributed by atoms with E-state index in [0.717, 1.165) is 85.6 Å². The Morgan fingerprint density at radius 1 is 0.968 bits per heavy atom. The number of aryl methyl sites for hydroxylation is 1. The minimum absolute atomic E-state index is 0.0502. The Hall–Kier alpha value is -7.00. The Morgan fingerprint density at radius 2 is 1.75 bits per heavy atom. The molecule has 3 aromatic carbocycles. The first kappa shape index (κ1) is 42.7. The number of nitrogens with one attached hydrogen (secondary N) is 3. The van der Waals surface area contributed by atoms with Crippen molar-refractivity contribution >= 4 is 40.5 Å². The van der Waals surface area contributed by atoms with Gasteiger partial charge in [-0.1, -0.05) is 43.8 Å². The number of nitrogens with two attached hydrogens (primary N) is 1. The summed E-state index contributed by atoms with van der Waals surface area (Å²) < 4.78 is 13.8. The average Bonchev–Trinajstić information content (AvgIpc) is 3.74. The van der Waals surface area contributed by atoms with Crippen molar-refractivity contribution in [3.63, 3.8) is 0 Å². The van der Waals surface area contributed by atoms with E-state index in [-0.39, 0.29) is 42.7 Å². The number of ether oxygens (including phenoxy) is 2. The number of carbonyl (C=O) groups is 1. The van der Waals surface area contributed by atoms with Gasteiger partial charge in [-0.05, 0) is 99.0 Å². The maximum Gasteiger partial charge on any atom is 0.252 e. The Bertz CT molecular complexity index is 2530. The highest BCUT2D eigenvalue weighted by Crippen LogP contribution is 2.30. The number of piperidine rings is 2. The van der Waals surface area contributed by atoms with E-state index >= 15 is 0 Å². The van der Waals surface area contributed by atoms with E-state index in [0.29, 0.717) is 53.7 Å². The van der Waals surface area contributed by atoms with Crippen LogP contribution in [0.5, 0.6) is 17.2 Å². The number of benzene rings is 3. The normalized spacial score (nSPS) is 16.4. The topological polar surface area (TPSA) is 192 Å². The molecule has 3 aromatic heterocycles. The zero-order chi connectivity index (χ0) is 43.7. The smallest absolute Gasteiger partial charge is 0.252 e. The highest BCUT2D eigenvalue weighted by molar-refractivity contribution is 6.16. The molecule has 0 radical (unpaired) electrons. The fourth-order valence-corrected chi connectivity index (χ4v) is 8.31. The fourth-order valence-electron chi connectivity index (χ4n) is 8.31. The van der Waals surface area contributed by atoms with Gasteiger partial charge in [0.25, 0.3) is 5.91 Å². The average molecular weight is 850 g/mol. The number of rotatable bonds is 17. The third kappa shape index (κ3) is 10.0. The lowest BCUT2D eigenvalue weighted by molar-refractivity contribution is -0.128. The number of para-hydroxylation sites is 1. The third-order valence-electron chi connectivity index (χ3n) is 11.7. The van der Waals surface area contributed by atoms with Gasteiger partial charge in [-0.25, -0.2) is 15.0 Å². The SMILES string of the molecule is C=C(COc1ccc(CNc2cc(N3CCCCC3CCO)nc3c(CC)cnn23)cc1)C(=O)N1CCCC(Nc2ncnc(N)c2C(=N)c2ccc(Oc3ccccc3)cc2)C1. The molecule has 0 saturated carbocycles. The van der Waals surface area contributed by atoms with Gasteiger partial charge in [-0.3, -0.25) is 10.2 Å². The van der Waals surface area contributed by atoms with Crippen LogP contribution in [0, 0.1) is 5.41 Å². The molecule has 5 heterocycles. The van der Waals surface area contributed by atoms with Gasteiger partial charge < -0.3 is 40.7 Å². The molecule has 2 aliphatic heterocycles. The van der Waals surface area contributed by atoms with Gasteiger partial charge in [0.05, 0.1) is 17.5 Å². The quantitative estimate of drug-likeness (QED) is 0.0457. The van der Waals surface area contributed by atoms with E-state index in [4.69, 9.17) is 25.6 Å². The number of anilines is 4. The summed E-state index contributed by atoms with van der Waals surface area (Å²) in [7, 11) is 0. The van der Waals surface area contributed by atoms with Crippen molar-refractivity contribution in [1.29, 1.82) is 5.41 Å². The molecule has 63 heavy (non-hydrogen) atoms. The van der Waals surface area contributed by atoms with E-state index in [1.807, 2.05) is 89.6 Å². The van der Waals surface area contributed by atoms with Gasteiger partial charge in [0.15, 0.2) is 5.65 Å². The predicted molar refractivity (Wildman–Crippen MR) is 246 cm³/mol. The van der Waals surface area contributed by atoms with Gasteiger partial charge in [0, 0.05) is 67.6 Å². The van der Waals surface area contributed by atoms with Crippen molar-refractivity contribution in [3.8, 4) is 17.2 Å². The van der Waals surface area contributed by atoms with Crippen LogP contribution >= 0.6 is 0 Å². The maximum atomic E-state index is 13.6. The molecule has 6 aromatic rings. The van der Waals surface area contributed by atoms with Gasteiger partial charge >= 0.3 is 0 Å². The summed E-state index contributed by atoms with van der Waals surface area (Å²) in [6, 6.07) is 26.7. The van der Waals surface area contributed by atoms with E-state index in [1.165, 1.54) is 6.33 Å². The Labute approximate surface area is 367 Å². The van der Waals surface area contributed by atoms with E-state index < -0.39 is 0 Å². The van der Waals surface area contributed by atoms with Crippen molar-refractivity contribution in [2.45, 2.75) is 70.5 Å². The second kappa shape index (κ2) is 19.8. The van der Waals surface area contributed by atoms with Crippen molar-refractivity contribution < 1.29 is 19.4 Å². The predicted octanol–water partition coefficient (Wildman–Crippen LogP) is 7.26. The number of hydrogen-bond acceptors (Lipinski definition) is 13. The molecule has 8 rings (SSSR count). The zero-order valence-corrected chi connectivity index (χ0v) is 35.7. The summed E-state index contributed by atoms with van der Waals surface area (Å²) in [4.78, 5) is 31.5. The number of fused-ring (bicyclic) bond motifs is 1. The minimum atomic E-state index is -0.171. The second-order valence-electron chi connectivity index (χ2n) is 16.0. The van der Waals surface area contributed by atoms with Crippen molar-refractivity contribution in [3.05, 3.63) is 132 Å². The first-order valence-corrected chi connectivity index (χ1v) is 21.7. The van der Waals surface area contributed by atoms with Crippen molar-refractivity contribution in [2.75, 3.05) is 54.1 Å². The summed E-state index contributed by atoms with van der Waals surface area (Å²) in [5.41, 5.74) is 10.9. The number of aliphatic hydroxyl groups is 1. The van der Waals surface area contributed by atoms with Crippen LogP contribution in [0.1, 0.15) is 67.7 Å². The van der Waals surface area contributed by atoms with Crippen LogP contribution < -0.4 is 30.7 Å². The molecule has 2 aliphatic rings. The molecular weight excluding hydrogens is 795 g/mol. The van der Waals surface area contributed by atoms with Crippen LogP contribution in [-0.4, -0.2) is 91.1 Å². The van der Waals surface area contributed by atoms with Gasteiger partial charge in [0.1, 0.15) is 53.5 Å². The lowest BCUT2D eigenvalue weighted by Gasteiger charge is -2.36. The number of aromatic nitrogens is 5. The summed E-state index contributed by atoms with van der Waals surface area (Å²) >= 11 is 0. The molecule has 0 spiro atoms. The molecule has 326 valence electrons. The summed E-state index contributed by atoms with van der Waals surface area (Å²) in [6.45, 7) is 8.88. The molecule has 1 amide bonds. The van der Waals surface area contributed by atoms with Crippen LogP contribution in [0.3, 0.4) is 0 Å². The fraction of sp³-hybridized carbons (Fsp3) is 0.333. The Kier molecular flexibility index (Phi) is 13.4. The van der Waals surface area contributed by atoms with Gasteiger partial charge in [-0.15, -0.1) is 0 Å². The maximum absolute atomic E-state index is 13.6. The highest BCUT2D eigenvalue weighted by Gasteiger charge is 2.28. The molecule has 2 saturated heterocycles. The van der Waals surface area contributed by atoms with Crippen LogP contribution in [0.25, 0.3) is 5.65 Å². The molecule has 0 bridgehead atoms. The molecule has 2 fully saturated rings.